The Morgan fingerprint density at radius 3 is 2.67 bits per heavy atom. The Morgan fingerprint density at radius 1 is 1.19 bits per heavy atom. The third-order valence-corrected chi connectivity index (χ3v) is 5.11. The first-order valence-electron chi connectivity index (χ1n) is 8.28. The summed E-state index contributed by atoms with van der Waals surface area (Å²) in [4.78, 5) is 12.1. The molecule has 3 aromatic rings. The van der Waals surface area contributed by atoms with Gasteiger partial charge in [-0.15, -0.1) is 10.2 Å². The van der Waals surface area contributed by atoms with Gasteiger partial charge in [0, 0.05) is 17.8 Å². The first-order chi connectivity index (χ1) is 13.0. The largest absolute Gasteiger partial charge is 0.485 e. The average molecular weight is 403 g/mol. The van der Waals surface area contributed by atoms with E-state index in [0.29, 0.717) is 28.3 Å². The summed E-state index contributed by atoms with van der Waals surface area (Å²) >= 11 is 7.16. The lowest BCUT2D eigenvalue weighted by atomic mass is 10.2. The molecule has 1 N–H and O–H groups in total. The van der Waals surface area contributed by atoms with Crippen LogP contribution >= 0.6 is 23.4 Å². The van der Waals surface area contributed by atoms with Crippen LogP contribution in [0.2, 0.25) is 5.02 Å². The van der Waals surface area contributed by atoms with Crippen LogP contribution in [0.4, 0.5) is 5.69 Å². The van der Waals surface area contributed by atoms with Crippen LogP contribution in [0, 0.1) is 6.92 Å². The van der Waals surface area contributed by atoms with Crippen LogP contribution in [0.5, 0.6) is 5.75 Å². The number of aryl methyl sites for hydroxylation is 1. The number of rotatable bonds is 7. The fourth-order valence-corrected chi connectivity index (χ4v) is 3.17. The van der Waals surface area contributed by atoms with Gasteiger partial charge in [0.2, 0.25) is 5.91 Å². The number of benzene rings is 2. The second-order valence-electron chi connectivity index (χ2n) is 5.86. The van der Waals surface area contributed by atoms with Crippen molar-refractivity contribution in [2.75, 3.05) is 11.1 Å². The molecule has 0 saturated heterocycles. The molecule has 0 bridgehead atoms. The number of carbonyl (C=O) groups is 1. The maximum Gasteiger partial charge on any atom is 0.234 e. The van der Waals surface area contributed by atoms with E-state index < -0.39 is 0 Å². The minimum atomic E-state index is -0.122. The van der Waals surface area contributed by atoms with E-state index in [1.165, 1.54) is 11.8 Å². The highest BCUT2D eigenvalue weighted by atomic mass is 35.5. The number of nitrogens with one attached hydrogen (secondary N) is 1. The molecule has 0 fully saturated rings. The molecule has 0 atom stereocenters. The van der Waals surface area contributed by atoms with Crippen LogP contribution in [-0.2, 0) is 18.4 Å². The van der Waals surface area contributed by atoms with Gasteiger partial charge in [-0.3, -0.25) is 4.79 Å². The van der Waals surface area contributed by atoms with E-state index in [2.05, 4.69) is 15.5 Å². The Bertz CT molecular complexity index is 928. The zero-order chi connectivity index (χ0) is 19.2. The zero-order valence-corrected chi connectivity index (χ0v) is 16.5. The lowest BCUT2D eigenvalue weighted by molar-refractivity contribution is -0.113. The molecule has 1 heterocycles. The third-order valence-electron chi connectivity index (χ3n) is 3.84. The number of nitrogens with zero attached hydrogens (tertiary/aromatic N) is 3. The van der Waals surface area contributed by atoms with Crippen LogP contribution in [0.3, 0.4) is 0 Å². The number of halogens is 1. The fourth-order valence-electron chi connectivity index (χ4n) is 2.32. The molecule has 0 spiro atoms. The summed E-state index contributed by atoms with van der Waals surface area (Å²) in [6, 6.07) is 14.8. The summed E-state index contributed by atoms with van der Waals surface area (Å²) in [7, 11) is 1.86. The molecule has 0 saturated carbocycles. The van der Waals surface area contributed by atoms with Crippen LogP contribution < -0.4 is 10.1 Å². The standard InChI is InChI=1S/C19H19ClN4O2S/c1-13-5-3-4-6-16(13)26-11-17-22-23-19(24(17)2)27-12-18(25)21-15-9-7-14(20)8-10-15/h3-10H,11-12H2,1-2H3,(H,21,25). The van der Waals surface area contributed by atoms with Gasteiger partial charge in [-0.25, -0.2) is 0 Å². The Labute approximate surface area is 166 Å². The monoisotopic (exact) mass is 402 g/mol. The molecule has 0 aliphatic rings. The molecule has 8 heteroatoms. The molecule has 0 unspecified atom stereocenters. The van der Waals surface area contributed by atoms with E-state index >= 15 is 0 Å². The normalized spacial score (nSPS) is 10.6. The van der Waals surface area contributed by atoms with Crippen LogP contribution in [0.1, 0.15) is 11.4 Å². The maximum atomic E-state index is 12.1. The maximum absolute atomic E-state index is 12.1. The zero-order valence-electron chi connectivity index (χ0n) is 15.0. The molecule has 1 aromatic heterocycles. The molecule has 3 rings (SSSR count). The quantitative estimate of drug-likeness (QED) is 0.603. The predicted molar refractivity (Wildman–Crippen MR) is 107 cm³/mol. The molecule has 6 nitrogen and oxygen atoms in total. The smallest absolute Gasteiger partial charge is 0.234 e. The second-order valence-corrected chi connectivity index (χ2v) is 7.23. The van der Waals surface area contributed by atoms with Crippen molar-refractivity contribution in [2.24, 2.45) is 7.05 Å². The highest BCUT2D eigenvalue weighted by molar-refractivity contribution is 7.99. The van der Waals surface area contributed by atoms with Gasteiger partial charge in [0.1, 0.15) is 12.4 Å². The van der Waals surface area contributed by atoms with Crippen molar-refractivity contribution in [3.63, 3.8) is 0 Å². The Hall–Kier alpha value is -2.51. The van der Waals surface area contributed by atoms with Crippen molar-refractivity contribution in [3.05, 3.63) is 64.9 Å². The summed E-state index contributed by atoms with van der Waals surface area (Å²) in [5.41, 5.74) is 1.77. The van der Waals surface area contributed by atoms with E-state index in [1.54, 1.807) is 24.3 Å². The summed E-state index contributed by atoms with van der Waals surface area (Å²) in [6.07, 6.45) is 0. The summed E-state index contributed by atoms with van der Waals surface area (Å²) in [6.45, 7) is 2.30. The summed E-state index contributed by atoms with van der Waals surface area (Å²) in [5.74, 6) is 1.62. The number of hydrogen-bond acceptors (Lipinski definition) is 5. The second kappa shape index (κ2) is 8.92. The van der Waals surface area contributed by atoms with Crippen LogP contribution in [0.25, 0.3) is 0 Å². The molecule has 1 amide bonds. The summed E-state index contributed by atoms with van der Waals surface area (Å²) in [5, 5.41) is 12.4. The predicted octanol–water partition coefficient (Wildman–Crippen LogP) is 4.09. The third kappa shape index (κ3) is 5.24. The van der Waals surface area contributed by atoms with E-state index in [1.807, 2.05) is 42.8 Å². The van der Waals surface area contributed by atoms with Gasteiger partial charge in [0.15, 0.2) is 11.0 Å². The SMILES string of the molecule is Cc1ccccc1OCc1nnc(SCC(=O)Nc2ccc(Cl)cc2)n1C. The van der Waals surface area contributed by atoms with Crippen LogP contribution in [0.15, 0.2) is 53.7 Å². The number of thioether (sulfide) groups is 1. The van der Waals surface area contributed by atoms with Gasteiger partial charge in [0.05, 0.1) is 5.75 Å². The molecule has 0 radical (unpaired) electrons. The topological polar surface area (TPSA) is 69.0 Å². The average Bonchev–Trinajstić information content (AvgIpc) is 3.01. The van der Waals surface area contributed by atoms with Crippen LogP contribution in [-0.4, -0.2) is 26.4 Å². The molecule has 0 aliphatic heterocycles. The minimum Gasteiger partial charge on any atom is -0.485 e. The number of ether oxygens (including phenoxy) is 1. The van der Waals surface area contributed by atoms with Crippen molar-refractivity contribution in [3.8, 4) is 5.75 Å². The fraction of sp³-hybridized carbons (Fsp3) is 0.211. The number of amides is 1. The van der Waals surface area contributed by atoms with Gasteiger partial charge in [-0.2, -0.15) is 0 Å². The van der Waals surface area contributed by atoms with E-state index in [9.17, 15) is 4.79 Å². The number of carbonyl (C=O) groups excluding carboxylic acids is 1. The molecule has 27 heavy (non-hydrogen) atoms. The van der Waals surface area contributed by atoms with E-state index in [4.69, 9.17) is 16.3 Å². The lowest BCUT2D eigenvalue weighted by Gasteiger charge is -2.08. The van der Waals surface area contributed by atoms with Gasteiger partial charge >= 0.3 is 0 Å². The number of anilines is 1. The Balaban J connectivity index is 1.53. The van der Waals surface area contributed by atoms with Gasteiger partial charge in [-0.05, 0) is 42.8 Å². The summed E-state index contributed by atoms with van der Waals surface area (Å²) < 4.78 is 7.64. The number of para-hydroxylation sites is 1. The Kier molecular flexibility index (Phi) is 6.36. The molecule has 140 valence electrons. The van der Waals surface area contributed by atoms with E-state index in [-0.39, 0.29) is 11.7 Å². The first-order valence-corrected chi connectivity index (χ1v) is 9.64. The Morgan fingerprint density at radius 2 is 1.93 bits per heavy atom. The number of hydrogen-bond donors (Lipinski definition) is 1. The van der Waals surface area contributed by atoms with Crippen molar-refractivity contribution in [2.45, 2.75) is 18.7 Å². The van der Waals surface area contributed by atoms with Crippen molar-refractivity contribution < 1.29 is 9.53 Å². The molecular formula is C19H19ClN4O2S. The highest BCUT2D eigenvalue weighted by Crippen LogP contribution is 2.20. The number of aromatic nitrogens is 3. The highest BCUT2D eigenvalue weighted by Gasteiger charge is 2.12. The van der Waals surface area contributed by atoms with Crippen molar-refractivity contribution >= 4 is 35.0 Å². The lowest BCUT2D eigenvalue weighted by Crippen LogP contribution is -2.14. The van der Waals surface area contributed by atoms with Gasteiger partial charge in [0.25, 0.3) is 0 Å². The molecule has 0 aliphatic carbocycles. The van der Waals surface area contributed by atoms with Gasteiger partial charge in [-0.1, -0.05) is 41.6 Å². The molecular weight excluding hydrogens is 384 g/mol. The van der Waals surface area contributed by atoms with Crippen molar-refractivity contribution in [1.29, 1.82) is 0 Å². The van der Waals surface area contributed by atoms with Crippen molar-refractivity contribution in [1.82, 2.24) is 14.8 Å². The van der Waals surface area contributed by atoms with Gasteiger partial charge < -0.3 is 14.6 Å². The van der Waals surface area contributed by atoms with E-state index in [0.717, 1.165) is 11.3 Å². The minimum absolute atomic E-state index is 0.122. The molecule has 2 aromatic carbocycles. The first kappa shape index (κ1) is 19.3.